The SMILES string of the molecule is O=S=c1ccc(C(F)(F)F)c[nH]1. The molecule has 66 valence electrons. The molecule has 1 heterocycles. The molecule has 0 spiro atoms. The summed E-state index contributed by atoms with van der Waals surface area (Å²) in [5.74, 6) is 0. The van der Waals surface area contributed by atoms with Crippen molar-refractivity contribution in [1.29, 1.82) is 0 Å². The fourth-order valence-electron chi connectivity index (χ4n) is 0.639. The molecule has 12 heavy (non-hydrogen) atoms. The third-order valence-corrected chi connectivity index (χ3v) is 1.63. The molecule has 0 fully saturated rings. The molecule has 1 aromatic rings. The van der Waals surface area contributed by atoms with E-state index in [1.807, 2.05) is 0 Å². The number of nitrogens with one attached hydrogen (secondary N) is 1. The summed E-state index contributed by atoms with van der Waals surface area (Å²) in [6.45, 7) is 0. The highest BCUT2D eigenvalue weighted by Gasteiger charge is 2.30. The highest BCUT2D eigenvalue weighted by molar-refractivity contribution is 7.56. The molecule has 0 atom stereocenters. The lowest BCUT2D eigenvalue weighted by Gasteiger charge is -2.03. The minimum atomic E-state index is -4.36. The van der Waals surface area contributed by atoms with Gasteiger partial charge in [0, 0.05) is 6.20 Å². The van der Waals surface area contributed by atoms with Crippen LogP contribution in [0.1, 0.15) is 5.56 Å². The van der Waals surface area contributed by atoms with E-state index in [0.717, 1.165) is 18.3 Å². The van der Waals surface area contributed by atoms with Crippen LogP contribution in [0.2, 0.25) is 0 Å². The minimum Gasteiger partial charge on any atom is -0.350 e. The first-order chi connectivity index (χ1) is 5.54. The molecule has 0 bridgehead atoms. The van der Waals surface area contributed by atoms with Crippen molar-refractivity contribution in [3.63, 3.8) is 0 Å². The van der Waals surface area contributed by atoms with Gasteiger partial charge in [-0.2, -0.15) is 13.2 Å². The number of halogens is 3. The lowest BCUT2D eigenvalue weighted by molar-refractivity contribution is -0.137. The van der Waals surface area contributed by atoms with Crippen LogP contribution in [0.5, 0.6) is 0 Å². The summed E-state index contributed by atoms with van der Waals surface area (Å²) < 4.78 is 46.0. The van der Waals surface area contributed by atoms with Crippen LogP contribution in [-0.4, -0.2) is 9.19 Å². The molecule has 1 rings (SSSR count). The second-order valence-electron chi connectivity index (χ2n) is 2.02. The van der Waals surface area contributed by atoms with E-state index >= 15 is 0 Å². The molecule has 1 aromatic heterocycles. The zero-order valence-electron chi connectivity index (χ0n) is 5.68. The Kier molecular flexibility index (Phi) is 2.37. The van der Waals surface area contributed by atoms with Crippen molar-refractivity contribution in [3.8, 4) is 0 Å². The van der Waals surface area contributed by atoms with E-state index in [0.29, 0.717) is 0 Å². The van der Waals surface area contributed by atoms with Crippen LogP contribution in [0.25, 0.3) is 0 Å². The average Bonchev–Trinajstić information content (AvgIpc) is 2.03. The Labute approximate surface area is 69.1 Å². The molecule has 0 aliphatic rings. The van der Waals surface area contributed by atoms with E-state index < -0.39 is 11.7 Å². The maximum atomic E-state index is 11.9. The standard InChI is InChI=1S/C6H4F3NOS/c7-6(8,9)4-1-2-5(12-11)10-3-4/h1-3,10H. The summed E-state index contributed by atoms with van der Waals surface area (Å²) in [6.07, 6.45) is -3.59. The van der Waals surface area contributed by atoms with Gasteiger partial charge in [0.25, 0.3) is 0 Å². The van der Waals surface area contributed by atoms with Gasteiger partial charge in [-0.15, -0.1) is 0 Å². The number of hydrogen-bond donors (Lipinski definition) is 1. The van der Waals surface area contributed by atoms with Crippen LogP contribution in [0.4, 0.5) is 13.2 Å². The van der Waals surface area contributed by atoms with E-state index in [1.54, 1.807) is 0 Å². The molecule has 2 nitrogen and oxygen atoms in total. The van der Waals surface area contributed by atoms with Crippen LogP contribution >= 0.6 is 0 Å². The van der Waals surface area contributed by atoms with Crippen LogP contribution in [0, 0.1) is 4.64 Å². The Bertz CT molecular complexity index is 343. The molecular weight excluding hydrogens is 191 g/mol. The molecule has 1 N–H and O–H groups in total. The van der Waals surface area contributed by atoms with E-state index in [-0.39, 0.29) is 15.9 Å². The number of pyridine rings is 1. The number of H-pyrrole nitrogens is 1. The zero-order chi connectivity index (χ0) is 9.19. The summed E-state index contributed by atoms with van der Waals surface area (Å²) in [5, 5.41) is 0. The Morgan fingerprint density at radius 3 is 2.33 bits per heavy atom. The Balaban J connectivity index is 3.18. The highest BCUT2D eigenvalue weighted by Crippen LogP contribution is 2.27. The van der Waals surface area contributed by atoms with E-state index in [2.05, 4.69) is 4.98 Å². The van der Waals surface area contributed by atoms with Crippen LogP contribution in [0.3, 0.4) is 0 Å². The molecule has 0 saturated heterocycles. The van der Waals surface area contributed by atoms with Crippen LogP contribution in [-0.2, 0) is 17.4 Å². The maximum absolute atomic E-state index is 11.9. The minimum absolute atomic E-state index is 0.115. The number of aromatic nitrogens is 1. The first-order valence-corrected chi connectivity index (χ1v) is 3.67. The molecule has 6 heteroatoms. The largest absolute Gasteiger partial charge is 0.417 e. The van der Waals surface area contributed by atoms with Gasteiger partial charge in [-0.3, -0.25) is 0 Å². The van der Waals surface area contributed by atoms with E-state index in [9.17, 15) is 17.4 Å². The lowest BCUT2D eigenvalue weighted by Crippen LogP contribution is -2.04. The van der Waals surface area contributed by atoms with Gasteiger partial charge in [-0.05, 0) is 12.1 Å². The van der Waals surface area contributed by atoms with E-state index in [1.165, 1.54) is 0 Å². The van der Waals surface area contributed by atoms with Gasteiger partial charge in [0.05, 0.1) is 5.56 Å². The second kappa shape index (κ2) is 3.14. The number of alkyl halides is 3. The van der Waals surface area contributed by atoms with Crippen LogP contribution in [0.15, 0.2) is 18.3 Å². The van der Waals surface area contributed by atoms with Gasteiger partial charge >= 0.3 is 6.18 Å². The van der Waals surface area contributed by atoms with Gasteiger partial charge in [0.15, 0.2) is 0 Å². The van der Waals surface area contributed by atoms with Gasteiger partial charge in [0.1, 0.15) is 15.9 Å². The third kappa shape index (κ3) is 1.97. The molecule has 0 saturated carbocycles. The molecule has 0 unspecified atom stereocenters. The first-order valence-electron chi connectivity index (χ1n) is 2.93. The monoisotopic (exact) mass is 195 g/mol. The summed E-state index contributed by atoms with van der Waals surface area (Å²) in [4.78, 5) is 2.22. The normalized spacial score (nSPS) is 11.2. The van der Waals surface area contributed by atoms with Gasteiger partial charge in [0.2, 0.25) is 0 Å². The van der Waals surface area contributed by atoms with Crippen molar-refractivity contribution in [3.05, 3.63) is 28.5 Å². The smallest absolute Gasteiger partial charge is 0.350 e. The number of hydrogen-bond acceptors (Lipinski definition) is 1. The zero-order valence-corrected chi connectivity index (χ0v) is 6.50. The molecule has 0 aliphatic heterocycles. The number of rotatable bonds is 0. The van der Waals surface area contributed by atoms with Gasteiger partial charge in [-0.1, -0.05) is 0 Å². The average molecular weight is 195 g/mol. The van der Waals surface area contributed by atoms with Crippen molar-refractivity contribution in [2.75, 3.05) is 0 Å². The molecule has 0 aromatic carbocycles. The maximum Gasteiger partial charge on any atom is 0.417 e. The fourth-order valence-corrected chi connectivity index (χ4v) is 0.869. The van der Waals surface area contributed by atoms with Gasteiger partial charge < -0.3 is 4.98 Å². The molecular formula is C6H4F3NOS. The summed E-state index contributed by atoms with van der Waals surface area (Å²) >= 11 is 0.115. The lowest BCUT2D eigenvalue weighted by atomic mass is 10.3. The Morgan fingerprint density at radius 1 is 1.33 bits per heavy atom. The first kappa shape index (κ1) is 9.05. The fraction of sp³-hybridized carbons (Fsp3) is 0.167. The second-order valence-corrected chi connectivity index (χ2v) is 2.63. The van der Waals surface area contributed by atoms with Crippen molar-refractivity contribution in [2.45, 2.75) is 6.18 Å². The van der Waals surface area contributed by atoms with Gasteiger partial charge in [-0.25, -0.2) is 4.21 Å². The van der Waals surface area contributed by atoms with Crippen molar-refractivity contribution in [1.82, 2.24) is 4.98 Å². The molecule has 0 radical (unpaired) electrons. The predicted octanol–water partition coefficient (Wildman–Crippen LogP) is 1.78. The van der Waals surface area contributed by atoms with Crippen LogP contribution < -0.4 is 0 Å². The predicted molar refractivity (Wildman–Crippen MR) is 37.2 cm³/mol. The van der Waals surface area contributed by atoms with Crippen molar-refractivity contribution >= 4 is 11.3 Å². The van der Waals surface area contributed by atoms with Crippen molar-refractivity contribution in [2.24, 2.45) is 0 Å². The summed E-state index contributed by atoms with van der Waals surface area (Å²) in [5.41, 5.74) is -0.791. The Morgan fingerprint density at radius 2 is 2.00 bits per heavy atom. The number of aromatic amines is 1. The summed E-state index contributed by atoms with van der Waals surface area (Å²) in [7, 11) is 0. The van der Waals surface area contributed by atoms with Crippen molar-refractivity contribution < 1.29 is 17.4 Å². The quantitative estimate of drug-likeness (QED) is 0.629. The third-order valence-electron chi connectivity index (χ3n) is 1.20. The topological polar surface area (TPSA) is 32.9 Å². The summed E-state index contributed by atoms with van der Waals surface area (Å²) in [6, 6.07) is 1.96. The molecule has 0 amide bonds. The molecule has 0 aliphatic carbocycles. The highest BCUT2D eigenvalue weighted by atomic mass is 32.1. The van der Waals surface area contributed by atoms with E-state index in [4.69, 9.17) is 0 Å². The Hall–Kier alpha value is -1.04.